The molecule has 0 spiro atoms. The van der Waals surface area contributed by atoms with Crippen LogP contribution in [0.15, 0.2) is 29.2 Å². The highest BCUT2D eigenvalue weighted by atomic mass is 32.2. The Balaban J connectivity index is 1.75. The van der Waals surface area contributed by atoms with Gasteiger partial charge in [0.1, 0.15) is 0 Å². The average Bonchev–Trinajstić information content (AvgIpc) is 3.09. The Labute approximate surface area is 163 Å². The number of sulfonamides is 1. The van der Waals surface area contributed by atoms with Gasteiger partial charge in [0.25, 0.3) is 5.91 Å². The summed E-state index contributed by atoms with van der Waals surface area (Å²) in [7, 11) is -1.62. The summed E-state index contributed by atoms with van der Waals surface area (Å²) in [5.41, 5.74) is 0.553. The summed E-state index contributed by atoms with van der Waals surface area (Å²) in [6.07, 6.45) is 3.07. The third kappa shape index (κ3) is 4.36. The lowest BCUT2D eigenvalue weighted by molar-refractivity contribution is 0.0737. The third-order valence-corrected chi connectivity index (χ3v) is 7.50. The Kier molecular flexibility index (Phi) is 6.23. The van der Waals surface area contributed by atoms with Crippen molar-refractivity contribution in [2.75, 3.05) is 33.2 Å². The number of nitrogens with one attached hydrogen (secondary N) is 1. The predicted octanol–water partition coefficient (Wildman–Crippen LogP) is 2.18. The van der Waals surface area contributed by atoms with Gasteiger partial charge in [0.15, 0.2) is 0 Å². The van der Waals surface area contributed by atoms with Crippen LogP contribution in [-0.4, -0.2) is 62.8 Å². The fourth-order valence-corrected chi connectivity index (χ4v) is 6.12. The van der Waals surface area contributed by atoms with Crippen LogP contribution in [0.25, 0.3) is 0 Å². The molecular formula is C20H31N3O3S. The molecule has 2 aliphatic rings. The van der Waals surface area contributed by atoms with Crippen molar-refractivity contribution in [2.45, 2.75) is 44.0 Å². The van der Waals surface area contributed by atoms with E-state index in [-0.39, 0.29) is 16.8 Å². The molecule has 2 heterocycles. The first-order chi connectivity index (χ1) is 12.8. The highest BCUT2D eigenvalue weighted by Crippen LogP contribution is 2.27. The number of piperidine rings is 1. The number of amides is 1. The molecule has 0 saturated carbocycles. The standard InChI is InChI=1S/C20H31N3O3S/c1-15-11-16(2)14-22(13-15)27(25,26)19-8-6-17(7-9-19)20(24)23-10-4-5-18(23)12-21-3/h6-9,15-16,18,21H,4-5,10-14H2,1-3H3. The van der Waals surface area contributed by atoms with Crippen molar-refractivity contribution in [3.63, 3.8) is 0 Å². The minimum absolute atomic E-state index is 0.0167. The lowest BCUT2D eigenvalue weighted by Gasteiger charge is -2.34. The SMILES string of the molecule is CNCC1CCCN1C(=O)c1ccc(S(=O)(=O)N2CC(C)CC(C)C2)cc1. The Bertz CT molecular complexity index is 753. The van der Waals surface area contributed by atoms with Crippen molar-refractivity contribution < 1.29 is 13.2 Å². The molecule has 150 valence electrons. The average molecular weight is 394 g/mol. The normalized spacial score (nSPS) is 27.1. The lowest BCUT2D eigenvalue weighted by Crippen LogP contribution is -2.42. The summed E-state index contributed by atoms with van der Waals surface area (Å²) < 4.78 is 27.5. The van der Waals surface area contributed by atoms with Crippen molar-refractivity contribution in [1.82, 2.24) is 14.5 Å². The Hall–Kier alpha value is -1.44. The lowest BCUT2D eigenvalue weighted by atomic mass is 9.94. The van der Waals surface area contributed by atoms with Gasteiger partial charge in [-0.05, 0) is 62.4 Å². The quantitative estimate of drug-likeness (QED) is 0.832. The topological polar surface area (TPSA) is 69.7 Å². The Morgan fingerprint density at radius 3 is 2.37 bits per heavy atom. The summed E-state index contributed by atoms with van der Waals surface area (Å²) in [4.78, 5) is 15.0. The molecule has 2 aliphatic heterocycles. The maximum absolute atomic E-state index is 13.0. The fraction of sp³-hybridized carbons (Fsp3) is 0.650. The number of hydrogen-bond acceptors (Lipinski definition) is 4. The predicted molar refractivity (Wildman–Crippen MR) is 106 cm³/mol. The molecule has 6 nitrogen and oxygen atoms in total. The zero-order valence-electron chi connectivity index (χ0n) is 16.5. The molecule has 0 aromatic heterocycles. The molecule has 1 amide bonds. The van der Waals surface area contributed by atoms with Crippen molar-refractivity contribution in [3.05, 3.63) is 29.8 Å². The van der Waals surface area contributed by atoms with E-state index in [0.717, 1.165) is 32.4 Å². The van der Waals surface area contributed by atoms with Crippen LogP contribution in [0.2, 0.25) is 0 Å². The number of likely N-dealkylation sites (N-methyl/N-ethyl adjacent to an activating group) is 1. The monoisotopic (exact) mass is 393 g/mol. The molecule has 3 rings (SSSR count). The van der Waals surface area contributed by atoms with Gasteiger partial charge in [-0.15, -0.1) is 0 Å². The summed E-state index contributed by atoms with van der Waals surface area (Å²) >= 11 is 0. The van der Waals surface area contributed by atoms with Crippen LogP contribution < -0.4 is 5.32 Å². The van der Waals surface area contributed by atoms with E-state index in [1.807, 2.05) is 11.9 Å². The molecule has 2 saturated heterocycles. The maximum Gasteiger partial charge on any atom is 0.254 e. The first kappa shape index (κ1) is 20.3. The van der Waals surface area contributed by atoms with Gasteiger partial charge in [-0.3, -0.25) is 4.79 Å². The van der Waals surface area contributed by atoms with E-state index in [0.29, 0.717) is 30.5 Å². The molecule has 1 aromatic carbocycles. The Morgan fingerprint density at radius 1 is 1.15 bits per heavy atom. The van der Waals surface area contributed by atoms with E-state index < -0.39 is 10.0 Å². The molecule has 1 N–H and O–H groups in total. The summed E-state index contributed by atoms with van der Waals surface area (Å²) in [6, 6.07) is 6.68. The molecule has 27 heavy (non-hydrogen) atoms. The van der Waals surface area contributed by atoms with Gasteiger partial charge in [-0.1, -0.05) is 13.8 Å². The highest BCUT2D eigenvalue weighted by Gasteiger charge is 2.32. The third-order valence-electron chi connectivity index (χ3n) is 5.65. The number of benzene rings is 1. The van der Waals surface area contributed by atoms with E-state index in [9.17, 15) is 13.2 Å². The largest absolute Gasteiger partial charge is 0.334 e. The van der Waals surface area contributed by atoms with Crippen molar-refractivity contribution >= 4 is 15.9 Å². The van der Waals surface area contributed by atoms with Crippen LogP contribution in [0.3, 0.4) is 0 Å². The number of nitrogens with zero attached hydrogens (tertiary/aromatic N) is 2. The van der Waals surface area contributed by atoms with E-state index in [2.05, 4.69) is 19.2 Å². The van der Waals surface area contributed by atoms with Crippen LogP contribution in [0, 0.1) is 11.8 Å². The smallest absolute Gasteiger partial charge is 0.254 e. The van der Waals surface area contributed by atoms with E-state index in [4.69, 9.17) is 0 Å². The molecule has 0 aliphatic carbocycles. The van der Waals surface area contributed by atoms with Crippen LogP contribution in [0.4, 0.5) is 0 Å². The second-order valence-corrected chi connectivity index (χ2v) is 10.1. The summed E-state index contributed by atoms with van der Waals surface area (Å²) in [6.45, 7) is 6.85. The van der Waals surface area contributed by atoms with Gasteiger partial charge in [-0.25, -0.2) is 8.42 Å². The molecule has 1 aromatic rings. The van der Waals surface area contributed by atoms with Gasteiger partial charge in [-0.2, -0.15) is 4.31 Å². The van der Waals surface area contributed by atoms with E-state index in [1.54, 1.807) is 28.6 Å². The van der Waals surface area contributed by atoms with Gasteiger partial charge in [0.2, 0.25) is 10.0 Å². The number of likely N-dealkylation sites (tertiary alicyclic amines) is 1. The van der Waals surface area contributed by atoms with Crippen molar-refractivity contribution in [3.8, 4) is 0 Å². The van der Waals surface area contributed by atoms with Crippen LogP contribution >= 0.6 is 0 Å². The molecule has 3 atom stereocenters. The number of rotatable bonds is 5. The van der Waals surface area contributed by atoms with Crippen LogP contribution in [0.1, 0.15) is 43.5 Å². The minimum Gasteiger partial charge on any atom is -0.334 e. The van der Waals surface area contributed by atoms with Gasteiger partial charge < -0.3 is 10.2 Å². The van der Waals surface area contributed by atoms with Gasteiger partial charge in [0.05, 0.1) is 4.90 Å². The zero-order chi connectivity index (χ0) is 19.6. The molecular weight excluding hydrogens is 362 g/mol. The number of carbonyl (C=O) groups is 1. The summed E-state index contributed by atoms with van der Waals surface area (Å²) in [5.74, 6) is 0.712. The maximum atomic E-state index is 13.0. The Morgan fingerprint density at radius 2 is 1.78 bits per heavy atom. The second-order valence-electron chi connectivity index (χ2n) is 8.14. The minimum atomic E-state index is -3.51. The van der Waals surface area contributed by atoms with E-state index in [1.165, 1.54) is 0 Å². The van der Waals surface area contributed by atoms with Gasteiger partial charge >= 0.3 is 0 Å². The van der Waals surface area contributed by atoms with E-state index >= 15 is 0 Å². The summed E-state index contributed by atoms with van der Waals surface area (Å²) in [5, 5.41) is 3.14. The molecule has 3 unspecified atom stereocenters. The molecule has 0 bridgehead atoms. The first-order valence-corrected chi connectivity index (χ1v) is 11.3. The second kappa shape index (κ2) is 8.29. The molecule has 0 radical (unpaired) electrons. The van der Waals surface area contributed by atoms with Gasteiger partial charge in [0, 0.05) is 37.8 Å². The fourth-order valence-electron chi connectivity index (χ4n) is 4.44. The highest BCUT2D eigenvalue weighted by molar-refractivity contribution is 7.89. The number of hydrogen-bond donors (Lipinski definition) is 1. The zero-order valence-corrected chi connectivity index (χ0v) is 17.3. The number of carbonyl (C=O) groups excluding carboxylic acids is 1. The first-order valence-electron chi connectivity index (χ1n) is 9.88. The molecule has 2 fully saturated rings. The van der Waals surface area contributed by atoms with Crippen LogP contribution in [0.5, 0.6) is 0 Å². The molecule has 7 heteroatoms. The van der Waals surface area contributed by atoms with Crippen molar-refractivity contribution in [2.24, 2.45) is 11.8 Å². The van der Waals surface area contributed by atoms with Crippen molar-refractivity contribution in [1.29, 1.82) is 0 Å². The van der Waals surface area contributed by atoms with Crippen LogP contribution in [-0.2, 0) is 10.0 Å².